The Morgan fingerprint density at radius 3 is 2.07 bits per heavy atom. The Balaban J connectivity index is 1.66. The minimum atomic E-state index is -0.713. The largest absolute Gasteiger partial charge is 0.458 e. The van der Waals surface area contributed by atoms with Gasteiger partial charge in [0.15, 0.2) is 0 Å². The SMILES string of the molecule is CCCC(NC(=O)OCC1c2ccccc2-c2ccccc21)C(=O)OC(C)(C)C. The Morgan fingerprint density at radius 2 is 1.55 bits per heavy atom. The molecule has 0 saturated heterocycles. The number of alkyl carbamates (subject to hydrolysis) is 1. The first-order valence-corrected chi connectivity index (χ1v) is 10.1. The third-order valence-electron chi connectivity index (χ3n) is 4.90. The van der Waals surface area contributed by atoms with E-state index in [4.69, 9.17) is 9.47 Å². The fraction of sp³-hybridized carbons (Fsp3) is 0.417. The van der Waals surface area contributed by atoms with Crippen molar-refractivity contribution in [3.05, 3.63) is 59.7 Å². The van der Waals surface area contributed by atoms with Crippen molar-refractivity contribution in [3.63, 3.8) is 0 Å². The normalized spacial score (nSPS) is 13.9. The topological polar surface area (TPSA) is 64.6 Å². The number of amides is 1. The molecule has 2 aromatic rings. The van der Waals surface area contributed by atoms with Crippen molar-refractivity contribution < 1.29 is 19.1 Å². The van der Waals surface area contributed by atoms with Crippen LogP contribution in [0.4, 0.5) is 4.79 Å². The molecule has 1 N–H and O–H groups in total. The summed E-state index contributed by atoms with van der Waals surface area (Å²) in [6.45, 7) is 7.59. The minimum Gasteiger partial charge on any atom is -0.458 e. The molecule has 0 fully saturated rings. The number of ether oxygens (including phenoxy) is 2. The fourth-order valence-electron chi connectivity index (χ4n) is 3.69. The van der Waals surface area contributed by atoms with Crippen molar-refractivity contribution in [3.8, 4) is 11.1 Å². The molecule has 5 nitrogen and oxygen atoms in total. The van der Waals surface area contributed by atoms with Crippen molar-refractivity contribution in [1.82, 2.24) is 5.32 Å². The first-order valence-electron chi connectivity index (χ1n) is 10.1. The summed E-state index contributed by atoms with van der Waals surface area (Å²) in [5.74, 6) is -0.452. The fourth-order valence-corrected chi connectivity index (χ4v) is 3.69. The quantitative estimate of drug-likeness (QED) is 0.696. The van der Waals surface area contributed by atoms with Crippen LogP contribution in [0, 0.1) is 0 Å². The van der Waals surface area contributed by atoms with Crippen LogP contribution in [0.1, 0.15) is 57.6 Å². The van der Waals surface area contributed by atoms with Gasteiger partial charge in [-0.2, -0.15) is 0 Å². The zero-order chi connectivity index (χ0) is 21.0. The van der Waals surface area contributed by atoms with E-state index in [0.29, 0.717) is 6.42 Å². The number of fused-ring (bicyclic) bond motifs is 3. The molecule has 29 heavy (non-hydrogen) atoms. The third-order valence-corrected chi connectivity index (χ3v) is 4.90. The predicted octanol–water partition coefficient (Wildman–Crippen LogP) is 5.04. The molecule has 0 heterocycles. The Labute approximate surface area is 172 Å². The van der Waals surface area contributed by atoms with Crippen LogP contribution in [0.25, 0.3) is 11.1 Å². The van der Waals surface area contributed by atoms with Crippen LogP contribution >= 0.6 is 0 Å². The second-order valence-corrected chi connectivity index (χ2v) is 8.34. The van der Waals surface area contributed by atoms with Crippen molar-refractivity contribution >= 4 is 12.1 Å². The van der Waals surface area contributed by atoms with E-state index >= 15 is 0 Å². The summed E-state index contributed by atoms with van der Waals surface area (Å²) in [6, 6.07) is 15.6. The smallest absolute Gasteiger partial charge is 0.407 e. The lowest BCUT2D eigenvalue weighted by molar-refractivity contribution is -0.157. The standard InChI is InChI=1S/C24H29NO4/c1-5-10-21(22(26)29-24(2,3)4)25-23(27)28-15-20-18-13-8-6-11-16(18)17-12-7-9-14-19(17)20/h6-9,11-14,20-21H,5,10,15H2,1-4H3,(H,25,27). The summed E-state index contributed by atoms with van der Waals surface area (Å²) in [4.78, 5) is 24.8. The van der Waals surface area contributed by atoms with Gasteiger partial charge < -0.3 is 14.8 Å². The van der Waals surface area contributed by atoms with E-state index in [2.05, 4.69) is 29.6 Å². The number of nitrogens with one attached hydrogen (secondary N) is 1. The molecule has 1 aliphatic carbocycles. The Morgan fingerprint density at radius 1 is 1.00 bits per heavy atom. The molecular weight excluding hydrogens is 366 g/mol. The van der Waals surface area contributed by atoms with Gasteiger partial charge in [-0.3, -0.25) is 0 Å². The molecule has 0 saturated carbocycles. The molecule has 154 valence electrons. The number of hydrogen-bond donors (Lipinski definition) is 1. The van der Waals surface area contributed by atoms with Crippen molar-refractivity contribution in [1.29, 1.82) is 0 Å². The zero-order valence-corrected chi connectivity index (χ0v) is 17.5. The first-order chi connectivity index (χ1) is 13.8. The van der Waals surface area contributed by atoms with Gasteiger partial charge in [-0.05, 0) is 49.4 Å². The average Bonchev–Trinajstić information content (AvgIpc) is 2.99. The molecule has 1 atom stereocenters. The molecule has 0 aromatic heterocycles. The third kappa shape index (κ3) is 4.97. The van der Waals surface area contributed by atoms with E-state index in [-0.39, 0.29) is 12.5 Å². The lowest BCUT2D eigenvalue weighted by atomic mass is 9.98. The zero-order valence-electron chi connectivity index (χ0n) is 17.5. The van der Waals surface area contributed by atoms with Crippen molar-refractivity contribution in [2.75, 3.05) is 6.61 Å². The van der Waals surface area contributed by atoms with Gasteiger partial charge >= 0.3 is 12.1 Å². The van der Waals surface area contributed by atoms with Crippen LogP contribution in [-0.4, -0.2) is 30.3 Å². The number of hydrogen-bond acceptors (Lipinski definition) is 4. The lowest BCUT2D eigenvalue weighted by Gasteiger charge is -2.24. The summed E-state index contributed by atoms with van der Waals surface area (Å²) in [5, 5.41) is 2.68. The molecule has 0 spiro atoms. The van der Waals surface area contributed by atoms with Gasteiger partial charge in [0, 0.05) is 5.92 Å². The summed E-state index contributed by atoms with van der Waals surface area (Å²) < 4.78 is 11.0. The maximum absolute atomic E-state index is 12.4. The van der Waals surface area contributed by atoms with E-state index in [0.717, 1.165) is 17.5 Å². The molecule has 5 heteroatoms. The van der Waals surface area contributed by atoms with Gasteiger partial charge in [-0.25, -0.2) is 9.59 Å². The first kappa shape index (κ1) is 20.9. The summed E-state index contributed by atoms with van der Waals surface area (Å²) in [7, 11) is 0. The van der Waals surface area contributed by atoms with Crippen LogP contribution in [-0.2, 0) is 14.3 Å². The highest BCUT2D eigenvalue weighted by Gasteiger charge is 2.30. The molecule has 0 bridgehead atoms. The molecule has 1 amide bonds. The Hall–Kier alpha value is -2.82. The van der Waals surface area contributed by atoms with Crippen LogP contribution in [0.15, 0.2) is 48.5 Å². The Kier molecular flexibility index (Phi) is 6.26. The maximum Gasteiger partial charge on any atom is 0.407 e. The molecule has 2 aromatic carbocycles. The monoisotopic (exact) mass is 395 g/mol. The van der Waals surface area contributed by atoms with Crippen LogP contribution in [0.2, 0.25) is 0 Å². The van der Waals surface area contributed by atoms with E-state index in [1.165, 1.54) is 11.1 Å². The number of carbonyl (C=O) groups excluding carboxylic acids is 2. The van der Waals surface area contributed by atoms with Crippen molar-refractivity contribution in [2.24, 2.45) is 0 Å². The number of carbonyl (C=O) groups is 2. The van der Waals surface area contributed by atoms with Gasteiger partial charge in [0.25, 0.3) is 0 Å². The van der Waals surface area contributed by atoms with E-state index < -0.39 is 23.7 Å². The summed E-state index contributed by atoms with van der Waals surface area (Å²) in [5.41, 5.74) is 4.05. The molecule has 1 aliphatic rings. The number of benzene rings is 2. The summed E-state index contributed by atoms with van der Waals surface area (Å²) in [6.07, 6.45) is 0.642. The van der Waals surface area contributed by atoms with Crippen LogP contribution in [0.3, 0.4) is 0 Å². The van der Waals surface area contributed by atoms with Crippen molar-refractivity contribution in [2.45, 2.75) is 58.1 Å². The maximum atomic E-state index is 12.4. The molecule has 3 rings (SSSR count). The molecule has 1 unspecified atom stereocenters. The van der Waals surface area contributed by atoms with Gasteiger partial charge in [0.2, 0.25) is 0 Å². The highest BCUT2D eigenvalue weighted by Crippen LogP contribution is 2.44. The predicted molar refractivity (Wildman–Crippen MR) is 113 cm³/mol. The van der Waals surface area contributed by atoms with Gasteiger partial charge in [-0.1, -0.05) is 61.9 Å². The van der Waals surface area contributed by atoms with E-state index in [1.54, 1.807) is 20.8 Å². The molecule has 0 radical (unpaired) electrons. The average molecular weight is 395 g/mol. The highest BCUT2D eigenvalue weighted by molar-refractivity contribution is 5.82. The lowest BCUT2D eigenvalue weighted by Crippen LogP contribution is -2.44. The molecule has 0 aliphatic heterocycles. The number of esters is 1. The summed E-state index contributed by atoms with van der Waals surface area (Å²) >= 11 is 0. The van der Waals surface area contributed by atoms with E-state index in [9.17, 15) is 9.59 Å². The van der Waals surface area contributed by atoms with E-state index in [1.807, 2.05) is 31.2 Å². The second-order valence-electron chi connectivity index (χ2n) is 8.34. The van der Waals surface area contributed by atoms with Crippen LogP contribution < -0.4 is 5.32 Å². The van der Waals surface area contributed by atoms with Gasteiger partial charge in [-0.15, -0.1) is 0 Å². The Bertz CT molecular complexity index is 839. The molecular formula is C24H29NO4. The second kappa shape index (κ2) is 8.68. The van der Waals surface area contributed by atoms with Gasteiger partial charge in [0.1, 0.15) is 18.2 Å². The van der Waals surface area contributed by atoms with Crippen LogP contribution in [0.5, 0.6) is 0 Å². The van der Waals surface area contributed by atoms with Gasteiger partial charge in [0.05, 0.1) is 0 Å². The minimum absolute atomic E-state index is 0.0145. The highest BCUT2D eigenvalue weighted by atomic mass is 16.6. The number of rotatable bonds is 6.